The number of ether oxygens (including phenoxy) is 2. The van der Waals surface area contributed by atoms with Gasteiger partial charge in [-0.2, -0.15) is 10.2 Å². The maximum Gasteiger partial charge on any atom is 0.508 e. The van der Waals surface area contributed by atoms with Crippen LogP contribution in [0.25, 0.3) is 0 Å². The number of aryl methyl sites for hydroxylation is 2. The molecule has 42 heavy (non-hydrogen) atoms. The van der Waals surface area contributed by atoms with E-state index in [1.165, 1.54) is 0 Å². The first-order chi connectivity index (χ1) is 19.6. The van der Waals surface area contributed by atoms with Gasteiger partial charge in [0, 0.05) is 18.7 Å². The van der Waals surface area contributed by atoms with Crippen molar-refractivity contribution in [3.8, 4) is 0 Å². The highest BCUT2D eigenvalue weighted by molar-refractivity contribution is 6.74. The molecule has 2 fully saturated rings. The molecule has 0 unspecified atom stereocenters. The number of hydrogen-bond acceptors (Lipinski definition) is 10. The molecule has 0 radical (unpaired) electrons. The van der Waals surface area contributed by atoms with Crippen molar-refractivity contribution in [2.24, 2.45) is 5.92 Å². The van der Waals surface area contributed by atoms with Crippen LogP contribution in [0.4, 0.5) is 4.79 Å². The molecule has 2 heterocycles. The van der Waals surface area contributed by atoms with Crippen molar-refractivity contribution in [3.05, 3.63) is 17.5 Å². The molecule has 1 aliphatic heterocycles. The number of nitrogens with zero attached hydrogens (tertiary/aromatic N) is 3. The van der Waals surface area contributed by atoms with Gasteiger partial charge in [0.2, 0.25) is 0 Å². The van der Waals surface area contributed by atoms with E-state index in [1.54, 1.807) is 10.7 Å². The molecule has 1 aliphatic carbocycles. The Balaban J connectivity index is 1.59. The minimum atomic E-state index is -2.23. The molecule has 13 heteroatoms. The third-order valence-electron chi connectivity index (χ3n) is 8.52. The van der Waals surface area contributed by atoms with E-state index in [0.717, 1.165) is 42.9 Å². The van der Waals surface area contributed by atoms with E-state index in [0.29, 0.717) is 12.2 Å². The van der Waals surface area contributed by atoms with E-state index in [9.17, 15) is 19.2 Å². The zero-order valence-electron chi connectivity index (χ0n) is 26.3. The van der Waals surface area contributed by atoms with E-state index in [4.69, 9.17) is 23.8 Å². The average molecular weight is 610 g/mol. The lowest BCUT2D eigenvalue weighted by Crippen LogP contribution is -2.65. The van der Waals surface area contributed by atoms with Crippen LogP contribution in [-0.2, 0) is 39.9 Å². The Morgan fingerprint density at radius 3 is 2.40 bits per heavy atom. The van der Waals surface area contributed by atoms with E-state index in [2.05, 4.69) is 39.0 Å². The number of carbonyl (C=O) groups is 4. The Labute approximate surface area is 249 Å². The van der Waals surface area contributed by atoms with E-state index < -0.39 is 44.4 Å². The van der Waals surface area contributed by atoms with E-state index in [1.807, 2.05) is 20.8 Å². The molecular formula is C29H47N3O9Si. The second-order valence-electron chi connectivity index (χ2n) is 12.7. The molecule has 0 bridgehead atoms. The van der Waals surface area contributed by atoms with Crippen LogP contribution < -0.4 is 0 Å². The molecule has 0 aromatic carbocycles. The number of ketones is 1. The molecule has 3 rings (SSSR count). The second kappa shape index (κ2) is 14.1. The van der Waals surface area contributed by atoms with Crippen LogP contribution in [0.15, 0.2) is 6.07 Å². The SMILES string of the molecule is CCn1nc(C(=O)C[C@@H]2[C@@H]([C@@H](C)O[Si](C)(C)C(C)(C)C)C(=O)N2OOC(=O)CCOC(=O)OC2CCCCC2)cc1C. The fraction of sp³-hybridized carbons (Fsp3) is 0.759. The summed E-state index contributed by atoms with van der Waals surface area (Å²) < 4.78 is 18.4. The smallest absolute Gasteiger partial charge is 0.434 e. The minimum absolute atomic E-state index is 0.0828. The van der Waals surface area contributed by atoms with Gasteiger partial charge in [0.25, 0.3) is 5.91 Å². The quantitative estimate of drug-likeness (QED) is 0.0725. The molecular weight excluding hydrogens is 562 g/mol. The highest BCUT2D eigenvalue weighted by atomic mass is 28.4. The molecule has 12 nitrogen and oxygen atoms in total. The van der Waals surface area contributed by atoms with Gasteiger partial charge in [0.15, 0.2) is 14.1 Å². The number of aromatic nitrogens is 2. The standard InChI is InChI=1S/C29H47N3O9Si/c1-9-31-19(2)17-22(30-31)24(33)18-23-26(20(3)40-42(7,8)29(4,5)6)27(35)32(23)41-39-25(34)15-16-37-28(36)38-21-13-11-10-12-14-21/h17,20-21,23,26H,9-16,18H2,1-8H3/t20-,23-,26-/m1/s1. The highest BCUT2D eigenvalue weighted by Gasteiger charge is 2.55. The third-order valence-corrected chi connectivity index (χ3v) is 13.1. The van der Waals surface area contributed by atoms with Gasteiger partial charge in [-0.15, -0.1) is 0 Å². The predicted octanol–water partition coefficient (Wildman–Crippen LogP) is 5.29. The molecule has 2 aliphatic rings. The Bertz CT molecular complexity index is 1120. The summed E-state index contributed by atoms with van der Waals surface area (Å²) in [6, 6.07) is 0.979. The summed E-state index contributed by atoms with van der Waals surface area (Å²) in [4.78, 5) is 60.6. The van der Waals surface area contributed by atoms with Gasteiger partial charge in [-0.3, -0.25) is 19.2 Å². The summed E-state index contributed by atoms with van der Waals surface area (Å²) in [5.41, 5.74) is 1.14. The van der Waals surface area contributed by atoms with Gasteiger partial charge in [-0.1, -0.05) is 32.2 Å². The van der Waals surface area contributed by atoms with Crippen LogP contribution in [0.2, 0.25) is 18.1 Å². The van der Waals surface area contributed by atoms with Crippen molar-refractivity contribution in [1.29, 1.82) is 0 Å². The largest absolute Gasteiger partial charge is 0.508 e. The number of hydrogen-bond donors (Lipinski definition) is 0. The van der Waals surface area contributed by atoms with Crippen LogP contribution >= 0.6 is 0 Å². The molecule has 1 saturated heterocycles. The van der Waals surface area contributed by atoms with Gasteiger partial charge in [-0.05, 0) is 70.7 Å². The van der Waals surface area contributed by atoms with Crippen molar-refractivity contribution in [2.45, 2.75) is 129 Å². The Kier molecular flexibility index (Phi) is 11.3. The zero-order chi connectivity index (χ0) is 31.2. The Morgan fingerprint density at radius 1 is 1.14 bits per heavy atom. The highest BCUT2D eigenvalue weighted by Crippen LogP contribution is 2.41. The number of amides is 1. The fourth-order valence-electron chi connectivity index (χ4n) is 5.02. The van der Waals surface area contributed by atoms with Gasteiger partial charge in [0.1, 0.15) is 18.4 Å². The van der Waals surface area contributed by atoms with Gasteiger partial charge in [0.05, 0.1) is 24.5 Å². The molecule has 236 valence electrons. The number of carbonyl (C=O) groups excluding carboxylic acids is 4. The first kappa shape index (κ1) is 33.7. The summed E-state index contributed by atoms with van der Waals surface area (Å²) >= 11 is 0. The first-order valence-corrected chi connectivity index (χ1v) is 17.8. The second-order valence-corrected chi connectivity index (χ2v) is 17.5. The number of Topliss-reactive ketones (excluding diaryl/α,β-unsaturated/α-hetero) is 1. The maximum atomic E-state index is 13.2. The molecule has 1 amide bonds. The summed E-state index contributed by atoms with van der Waals surface area (Å²) in [7, 11) is -2.23. The molecule has 1 aromatic rings. The van der Waals surface area contributed by atoms with Crippen molar-refractivity contribution in [2.75, 3.05) is 6.61 Å². The van der Waals surface area contributed by atoms with Crippen molar-refractivity contribution < 1.29 is 43.0 Å². The first-order valence-electron chi connectivity index (χ1n) is 14.9. The monoisotopic (exact) mass is 609 g/mol. The molecule has 0 N–H and O–H groups in total. The molecule has 1 aromatic heterocycles. The Hall–Kier alpha value is -2.77. The van der Waals surface area contributed by atoms with Crippen LogP contribution in [0.3, 0.4) is 0 Å². The van der Waals surface area contributed by atoms with Crippen molar-refractivity contribution in [1.82, 2.24) is 14.8 Å². The van der Waals surface area contributed by atoms with Crippen LogP contribution in [0.5, 0.6) is 0 Å². The predicted molar refractivity (Wildman–Crippen MR) is 155 cm³/mol. The van der Waals surface area contributed by atoms with Crippen molar-refractivity contribution >= 4 is 32.1 Å². The zero-order valence-corrected chi connectivity index (χ0v) is 27.3. The summed E-state index contributed by atoms with van der Waals surface area (Å²) in [6.07, 6.45) is 2.88. The van der Waals surface area contributed by atoms with Crippen LogP contribution in [-0.4, -0.2) is 71.8 Å². The summed E-state index contributed by atoms with van der Waals surface area (Å²) in [5.74, 6) is -2.23. The lowest BCUT2D eigenvalue weighted by atomic mass is 9.82. The lowest BCUT2D eigenvalue weighted by molar-refractivity contribution is -0.412. The van der Waals surface area contributed by atoms with Gasteiger partial charge < -0.3 is 13.9 Å². The van der Waals surface area contributed by atoms with Crippen molar-refractivity contribution in [3.63, 3.8) is 0 Å². The minimum Gasteiger partial charge on any atom is -0.434 e. The number of β-lactam (4-membered cyclic amide) rings is 1. The third kappa shape index (κ3) is 8.41. The number of rotatable bonds is 13. The normalized spacial score (nSPS) is 20.6. The lowest BCUT2D eigenvalue weighted by Gasteiger charge is -2.48. The summed E-state index contributed by atoms with van der Waals surface area (Å²) in [5, 5.41) is 5.19. The summed E-state index contributed by atoms with van der Waals surface area (Å²) in [6.45, 7) is 16.5. The molecule has 3 atom stereocenters. The molecule has 0 spiro atoms. The Morgan fingerprint density at radius 2 is 1.81 bits per heavy atom. The van der Waals surface area contributed by atoms with Crippen LogP contribution in [0, 0.1) is 12.8 Å². The average Bonchev–Trinajstić information content (AvgIpc) is 3.28. The van der Waals surface area contributed by atoms with Crippen LogP contribution in [0.1, 0.15) is 95.7 Å². The van der Waals surface area contributed by atoms with Gasteiger partial charge in [-0.25, -0.2) is 9.59 Å². The topological polar surface area (TPSA) is 135 Å². The van der Waals surface area contributed by atoms with Gasteiger partial charge >= 0.3 is 12.1 Å². The fourth-order valence-corrected chi connectivity index (χ4v) is 6.45. The number of hydroxylamine groups is 2. The van der Waals surface area contributed by atoms with E-state index >= 15 is 0 Å². The van der Waals surface area contributed by atoms with E-state index in [-0.39, 0.29) is 36.4 Å². The molecule has 1 saturated carbocycles. The maximum absolute atomic E-state index is 13.2.